The number of nitrogens with zero attached hydrogens (tertiary/aromatic N) is 4. The first-order valence-electron chi connectivity index (χ1n) is 23.1. The second-order valence-corrected chi connectivity index (χ2v) is 22.0. The van der Waals surface area contributed by atoms with Gasteiger partial charge in [-0.3, -0.25) is 14.4 Å². The number of nitrogens with one attached hydrogen (secondary N) is 3. The summed E-state index contributed by atoms with van der Waals surface area (Å²) in [7, 11) is 0. The van der Waals surface area contributed by atoms with E-state index in [4.69, 9.17) is 21.1 Å². The van der Waals surface area contributed by atoms with Crippen molar-refractivity contribution in [3.05, 3.63) is 107 Å². The van der Waals surface area contributed by atoms with E-state index in [1.807, 2.05) is 57.2 Å². The summed E-state index contributed by atoms with van der Waals surface area (Å²) in [5.74, 6) is 0.465. The minimum atomic E-state index is -4.54. The van der Waals surface area contributed by atoms with Gasteiger partial charge in [0.2, 0.25) is 0 Å². The third-order valence-corrected chi connectivity index (χ3v) is 14.4. The molecular formula is C51H59ClF3N7O4S2. The molecule has 3 aliphatic rings. The lowest BCUT2D eigenvalue weighted by atomic mass is 9.72. The van der Waals surface area contributed by atoms with Crippen molar-refractivity contribution in [3.8, 4) is 11.5 Å². The smallest absolute Gasteiger partial charge is 0.446 e. The Morgan fingerprint density at radius 2 is 1.69 bits per heavy atom. The number of piperidine rings is 1. The number of likely N-dealkylation sites (tertiary alicyclic amines) is 1. The summed E-state index contributed by atoms with van der Waals surface area (Å²) >= 11 is 6.99. The standard InChI is InChI=1S/C51H59ClF3N7O4S2/c1-49(2,3)66-48(64)62-20-16-33(17-21-62)30-57-43-13-11-40(28-45(43)67-51(53,54)55)68-59-47(63)41-12-10-38(27-44(41)65-39-26-35-15-19-56-46(35)58-31-39)61-24-22-60(23-25-61)32-36-14-18-50(4,5)29-42(36)34-6-8-37(52)9-7-34/h6-13,15,19,26-28,31,33,57H,14,16-18,20-25,29-30,32H2,1-5H3,(H,56,58)(H,59,63). The highest BCUT2D eigenvalue weighted by molar-refractivity contribution is 8.00. The number of thioether (sulfide) groups is 1. The molecule has 0 atom stereocenters. The van der Waals surface area contributed by atoms with Crippen LogP contribution >= 0.6 is 35.3 Å². The summed E-state index contributed by atoms with van der Waals surface area (Å²) < 4.78 is 56.4. The number of pyridine rings is 1. The number of benzene rings is 3. The molecule has 3 aromatic carbocycles. The first-order valence-corrected chi connectivity index (χ1v) is 25.1. The average molecular weight is 991 g/mol. The molecule has 2 saturated heterocycles. The Morgan fingerprint density at radius 3 is 2.41 bits per heavy atom. The summed E-state index contributed by atoms with van der Waals surface area (Å²) in [6.45, 7) is 15.8. The maximum Gasteiger partial charge on any atom is 0.446 e. The number of carbonyl (C=O) groups excluding carboxylic acids is 2. The fourth-order valence-corrected chi connectivity index (χ4v) is 10.5. The number of anilines is 2. The number of carbonyl (C=O) groups is 2. The minimum absolute atomic E-state index is 0.00882. The normalized spacial score (nSPS) is 17.4. The van der Waals surface area contributed by atoms with E-state index >= 15 is 0 Å². The molecule has 3 N–H and O–H groups in total. The van der Waals surface area contributed by atoms with Crippen LogP contribution in [-0.4, -0.2) is 95.2 Å². The summed E-state index contributed by atoms with van der Waals surface area (Å²) in [6.07, 6.45) is 7.66. The summed E-state index contributed by atoms with van der Waals surface area (Å²) in [4.78, 5) is 41.0. The molecule has 0 unspecified atom stereocenters. The van der Waals surface area contributed by atoms with E-state index in [0.717, 1.165) is 80.0 Å². The predicted octanol–water partition coefficient (Wildman–Crippen LogP) is 12.9. The molecule has 17 heteroatoms. The lowest BCUT2D eigenvalue weighted by Gasteiger charge is -2.39. The highest BCUT2D eigenvalue weighted by Crippen LogP contribution is 2.44. The molecular weight excluding hydrogens is 931 g/mol. The Labute approximate surface area is 410 Å². The SMILES string of the molecule is CC1(C)CCC(CN2CCN(c3ccc(C(=O)NSc4ccc(NCC5CCN(C(=O)OC(C)(C)C)CC5)c(SC(F)(F)F)c4)c(Oc4cnc5[nH]ccc5c4)c3)CC2)=C(c2ccc(Cl)cc2)C1. The van der Waals surface area contributed by atoms with Gasteiger partial charge in [0, 0.05) is 96.2 Å². The van der Waals surface area contributed by atoms with Crippen molar-refractivity contribution in [1.82, 2.24) is 24.5 Å². The number of alkyl halides is 3. The first-order chi connectivity index (χ1) is 32.3. The number of piperazine rings is 1. The molecule has 0 radical (unpaired) electrons. The number of aromatic nitrogens is 2. The third kappa shape index (κ3) is 13.2. The number of H-pyrrole nitrogens is 1. The Kier molecular flexibility index (Phi) is 15.2. The molecule has 0 saturated carbocycles. The van der Waals surface area contributed by atoms with E-state index in [1.54, 1.807) is 35.5 Å². The molecule has 362 valence electrons. The van der Waals surface area contributed by atoms with Crippen LogP contribution in [0.5, 0.6) is 11.5 Å². The lowest BCUT2D eigenvalue weighted by Crippen LogP contribution is -2.47. The first kappa shape index (κ1) is 49.4. The van der Waals surface area contributed by atoms with Gasteiger partial charge < -0.3 is 29.6 Å². The van der Waals surface area contributed by atoms with Gasteiger partial charge in [-0.1, -0.05) is 43.2 Å². The van der Waals surface area contributed by atoms with Crippen LogP contribution in [0.3, 0.4) is 0 Å². The number of hydrogen-bond donors (Lipinski definition) is 3. The number of halogens is 4. The van der Waals surface area contributed by atoms with Crippen molar-refractivity contribution in [1.29, 1.82) is 0 Å². The average Bonchev–Trinajstić information content (AvgIpc) is 3.76. The topological polar surface area (TPSA) is 115 Å². The molecule has 8 rings (SSSR count). The number of ether oxygens (including phenoxy) is 2. The largest absolute Gasteiger partial charge is 0.455 e. The van der Waals surface area contributed by atoms with Crippen molar-refractivity contribution in [2.45, 2.75) is 87.6 Å². The molecule has 0 spiro atoms. The van der Waals surface area contributed by atoms with Crippen molar-refractivity contribution >= 4 is 75.3 Å². The molecule has 2 aliphatic heterocycles. The highest BCUT2D eigenvalue weighted by Gasteiger charge is 2.33. The predicted molar refractivity (Wildman–Crippen MR) is 268 cm³/mol. The number of allylic oxidation sites excluding steroid dienone is 1. The Hall–Kier alpha value is -5.03. The molecule has 0 bridgehead atoms. The van der Waals surface area contributed by atoms with Crippen molar-refractivity contribution < 1.29 is 32.2 Å². The molecule has 5 aromatic rings. The number of hydrogen-bond acceptors (Lipinski definition) is 10. The van der Waals surface area contributed by atoms with Gasteiger partial charge in [0.1, 0.15) is 22.7 Å². The molecule has 4 heterocycles. The number of amides is 2. The monoisotopic (exact) mass is 989 g/mol. The molecule has 1 aliphatic carbocycles. The van der Waals surface area contributed by atoms with Crippen LogP contribution in [-0.2, 0) is 4.74 Å². The van der Waals surface area contributed by atoms with Crippen LogP contribution in [0.2, 0.25) is 5.02 Å². The van der Waals surface area contributed by atoms with Crippen LogP contribution in [0.1, 0.15) is 82.6 Å². The quantitative estimate of drug-likeness (QED) is 0.0778. The minimum Gasteiger partial charge on any atom is -0.455 e. The van der Waals surface area contributed by atoms with Crippen molar-refractivity contribution in [2.75, 3.05) is 62.6 Å². The van der Waals surface area contributed by atoms with E-state index in [9.17, 15) is 22.8 Å². The molecule has 2 fully saturated rings. The van der Waals surface area contributed by atoms with Gasteiger partial charge in [-0.05, 0) is 154 Å². The van der Waals surface area contributed by atoms with Crippen molar-refractivity contribution in [3.63, 3.8) is 0 Å². The van der Waals surface area contributed by atoms with E-state index in [-0.39, 0.29) is 39.6 Å². The van der Waals surface area contributed by atoms with E-state index in [1.165, 1.54) is 22.8 Å². The fraction of sp³-hybridized carbons (Fsp3) is 0.431. The van der Waals surface area contributed by atoms with Gasteiger partial charge in [-0.25, -0.2) is 9.78 Å². The zero-order chi connectivity index (χ0) is 48.2. The Balaban J connectivity index is 0.939. The van der Waals surface area contributed by atoms with Gasteiger partial charge in [0.25, 0.3) is 5.91 Å². The number of aromatic amines is 1. The third-order valence-electron chi connectivity index (χ3n) is 12.6. The van der Waals surface area contributed by atoms with Gasteiger partial charge in [-0.2, -0.15) is 13.2 Å². The summed E-state index contributed by atoms with van der Waals surface area (Å²) in [6, 6.07) is 22.2. The Morgan fingerprint density at radius 1 is 0.941 bits per heavy atom. The molecule has 11 nitrogen and oxygen atoms in total. The Bertz CT molecular complexity index is 2620. The van der Waals surface area contributed by atoms with Crippen LogP contribution in [0.15, 0.2) is 101 Å². The van der Waals surface area contributed by atoms with Crippen molar-refractivity contribution in [2.24, 2.45) is 11.3 Å². The second kappa shape index (κ2) is 20.9. The summed E-state index contributed by atoms with van der Waals surface area (Å²) in [5.41, 5.74) is 1.49. The highest BCUT2D eigenvalue weighted by atomic mass is 35.5. The fourth-order valence-electron chi connectivity index (χ4n) is 8.96. The molecule has 68 heavy (non-hydrogen) atoms. The van der Waals surface area contributed by atoms with Gasteiger partial charge in [0.15, 0.2) is 0 Å². The number of fused-ring (bicyclic) bond motifs is 1. The lowest BCUT2D eigenvalue weighted by molar-refractivity contribution is -0.0328. The maximum atomic E-state index is 14.0. The molecule has 2 amide bonds. The maximum absolute atomic E-state index is 14.0. The zero-order valence-corrected chi connectivity index (χ0v) is 41.5. The van der Waals surface area contributed by atoms with Crippen LogP contribution < -0.4 is 19.7 Å². The van der Waals surface area contributed by atoms with E-state index < -0.39 is 17.0 Å². The van der Waals surface area contributed by atoms with Crippen LogP contribution in [0, 0.1) is 11.3 Å². The van der Waals surface area contributed by atoms with Gasteiger partial charge in [0.05, 0.1) is 11.8 Å². The zero-order valence-electron chi connectivity index (χ0n) is 39.1. The van der Waals surface area contributed by atoms with Gasteiger partial charge in [-0.15, -0.1) is 0 Å². The van der Waals surface area contributed by atoms with Crippen LogP contribution in [0.25, 0.3) is 16.6 Å². The number of rotatable bonds is 13. The summed E-state index contributed by atoms with van der Waals surface area (Å²) in [5, 5.41) is 4.81. The molecule has 2 aromatic heterocycles. The van der Waals surface area contributed by atoms with Crippen LogP contribution in [0.4, 0.5) is 29.3 Å². The van der Waals surface area contributed by atoms with Gasteiger partial charge >= 0.3 is 11.6 Å². The van der Waals surface area contributed by atoms with E-state index in [0.29, 0.717) is 60.2 Å². The van der Waals surface area contributed by atoms with E-state index in [2.05, 4.69) is 55.8 Å². The second-order valence-electron chi connectivity index (χ2n) is 19.6.